The second-order valence-electron chi connectivity index (χ2n) is 10.1. The van der Waals surface area contributed by atoms with Crippen LogP contribution in [-0.4, -0.2) is 50.3 Å². The van der Waals surface area contributed by atoms with Crippen molar-refractivity contribution in [1.82, 2.24) is 4.98 Å². The number of anilines is 1. The van der Waals surface area contributed by atoms with Crippen LogP contribution in [0, 0.1) is 11.3 Å². The largest absolute Gasteiger partial charge is 0.382 e. The van der Waals surface area contributed by atoms with Crippen molar-refractivity contribution in [2.24, 2.45) is 0 Å². The first-order valence-corrected chi connectivity index (χ1v) is 12.5. The minimum Gasteiger partial charge on any atom is -0.382 e. The van der Waals surface area contributed by atoms with E-state index in [0.29, 0.717) is 18.8 Å². The number of aromatic nitrogens is 1. The van der Waals surface area contributed by atoms with Gasteiger partial charge in [-0.25, -0.2) is 0 Å². The number of nitrogens with one attached hydrogen (secondary N) is 1. The lowest BCUT2D eigenvalue weighted by molar-refractivity contribution is 0.00612. The molecule has 3 aromatic rings. The predicted octanol–water partition coefficient (Wildman–Crippen LogP) is 5.10. The zero-order valence-corrected chi connectivity index (χ0v) is 21.0. The molecular formula is C29H33N3O3. The molecule has 0 radical (unpaired) electrons. The number of methoxy groups -OCH3 is 1. The van der Waals surface area contributed by atoms with Crippen LogP contribution >= 0.6 is 0 Å². The second kappa shape index (κ2) is 9.14. The van der Waals surface area contributed by atoms with Crippen molar-refractivity contribution in [2.75, 3.05) is 38.3 Å². The molecule has 6 nitrogen and oxygen atoms in total. The lowest BCUT2D eigenvalue weighted by Crippen LogP contribution is -2.38. The van der Waals surface area contributed by atoms with Gasteiger partial charge in [0.15, 0.2) is 5.78 Å². The van der Waals surface area contributed by atoms with Crippen molar-refractivity contribution in [3.05, 3.63) is 63.8 Å². The Morgan fingerprint density at radius 2 is 1.94 bits per heavy atom. The molecule has 2 aromatic carbocycles. The Morgan fingerprint density at radius 1 is 1.17 bits per heavy atom. The molecule has 0 spiro atoms. The summed E-state index contributed by atoms with van der Waals surface area (Å²) >= 11 is 0. The van der Waals surface area contributed by atoms with E-state index in [1.807, 2.05) is 24.3 Å². The number of carbonyl (C=O) groups excluding carboxylic acids is 1. The van der Waals surface area contributed by atoms with Crippen LogP contribution in [0.3, 0.4) is 0 Å². The minimum absolute atomic E-state index is 0.0665. The monoisotopic (exact) mass is 471 g/mol. The number of benzene rings is 2. The third-order valence-corrected chi connectivity index (χ3v) is 7.72. The molecule has 0 unspecified atom stereocenters. The van der Waals surface area contributed by atoms with Crippen molar-refractivity contribution in [1.29, 1.82) is 5.26 Å². The summed E-state index contributed by atoms with van der Waals surface area (Å²) in [4.78, 5) is 19.8. The lowest BCUT2D eigenvalue weighted by Gasteiger charge is -2.34. The fourth-order valence-electron chi connectivity index (χ4n) is 6.00. The first-order chi connectivity index (χ1) is 16.9. The van der Waals surface area contributed by atoms with Crippen LogP contribution in [0.15, 0.2) is 30.3 Å². The number of carbonyl (C=O) groups is 1. The fourth-order valence-corrected chi connectivity index (χ4v) is 6.00. The van der Waals surface area contributed by atoms with E-state index in [1.165, 1.54) is 5.56 Å². The van der Waals surface area contributed by atoms with Crippen LogP contribution in [0.1, 0.15) is 71.9 Å². The maximum atomic E-state index is 13.8. The summed E-state index contributed by atoms with van der Waals surface area (Å²) in [6.45, 7) is 9.31. The highest BCUT2D eigenvalue weighted by molar-refractivity contribution is 6.21. The Labute approximate surface area is 206 Å². The van der Waals surface area contributed by atoms with Crippen molar-refractivity contribution in [3.8, 4) is 6.07 Å². The Morgan fingerprint density at radius 3 is 2.63 bits per heavy atom. The van der Waals surface area contributed by atoms with Crippen LogP contribution < -0.4 is 4.90 Å². The summed E-state index contributed by atoms with van der Waals surface area (Å²) in [5, 5.41) is 10.9. The zero-order valence-electron chi connectivity index (χ0n) is 21.0. The molecule has 0 bridgehead atoms. The Balaban J connectivity index is 1.60. The third-order valence-electron chi connectivity index (χ3n) is 7.72. The van der Waals surface area contributed by atoms with E-state index < -0.39 is 0 Å². The molecule has 1 aliphatic heterocycles. The summed E-state index contributed by atoms with van der Waals surface area (Å²) in [5.74, 6) is 0.0665. The summed E-state index contributed by atoms with van der Waals surface area (Å²) < 4.78 is 11.0. The molecule has 1 aliphatic carbocycles. The lowest BCUT2D eigenvalue weighted by atomic mass is 9.69. The van der Waals surface area contributed by atoms with E-state index in [1.54, 1.807) is 7.11 Å². The van der Waals surface area contributed by atoms with Gasteiger partial charge in [-0.05, 0) is 36.5 Å². The Hall–Kier alpha value is -3.14. The molecule has 2 heterocycles. The number of ether oxygens (including phenoxy) is 2. The molecule has 0 atom stereocenters. The smallest absolute Gasteiger partial charge is 0.195 e. The number of nitriles is 1. The van der Waals surface area contributed by atoms with Gasteiger partial charge >= 0.3 is 0 Å². The number of aryl methyl sites for hydroxylation is 1. The Kier molecular flexibility index (Phi) is 6.16. The SMILES string of the molecule is CCc1cccc2c1C(C)(C)c1[nH]c3c(N4CCC(OCCOC)CC4)c(C#N)ccc3c1C2=O. The Bertz CT molecular complexity index is 1320. The fraction of sp³-hybridized carbons (Fsp3) is 0.448. The van der Waals surface area contributed by atoms with Crippen molar-refractivity contribution in [2.45, 2.75) is 51.6 Å². The number of H-pyrrole nitrogens is 1. The number of nitrogens with zero attached hydrogens (tertiary/aromatic N) is 2. The molecule has 0 saturated carbocycles. The quantitative estimate of drug-likeness (QED) is 0.506. The highest BCUT2D eigenvalue weighted by Crippen LogP contribution is 2.47. The molecule has 35 heavy (non-hydrogen) atoms. The topological polar surface area (TPSA) is 78.3 Å². The van der Waals surface area contributed by atoms with Gasteiger partial charge in [0.1, 0.15) is 6.07 Å². The van der Waals surface area contributed by atoms with Crippen LogP contribution in [0.5, 0.6) is 0 Å². The summed E-state index contributed by atoms with van der Waals surface area (Å²) in [6, 6.07) is 12.3. The van der Waals surface area contributed by atoms with Gasteiger partial charge in [0.2, 0.25) is 0 Å². The van der Waals surface area contributed by atoms with Crippen LogP contribution in [0.4, 0.5) is 5.69 Å². The number of fused-ring (bicyclic) bond motifs is 4. The van der Waals surface area contributed by atoms with Crippen LogP contribution in [0.25, 0.3) is 10.9 Å². The van der Waals surface area contributed by atoms with Crippen molar-refractivity contribution < 1.29 is 14.3 Å². The van der Waals surface area contributed by atoms with E-state index in [0.717, 1.165) is 71.3 Å². The van der Waals surface area contributed by atoms with E-state index in [2.05, 4.69) is 42.8 Å². The second-order valence-corrected chi connectivity index (χ2v) is 10.1. The molecule has 1 aromatic heterocycles. The van der Waals surface area contributed by atoms with Crippen molar-refractivity contribution >= 4 is 22.4 Å². The molecule has 1 saturated heterocycles. The minimum atomic E-state index is -0.351. The van der Waals surface area contributed by atoms with Gasteiger partial charge in [-0.15, -0.1) is 0 Å². The van der Waals surface area contributed by atoms with E-state index in [4.69, 9.17) is 9.47 Å². The summed E-state index contributed by atoms with van der Waals surface area (Å²) in [5.41, 5.74) is 6.87. The first kappa shape index (κ1) is 23.6. The average Bonchev–Trinajstić information content (AvgIpc) is 3.28. The number of ketones is 1. The number of aromatic amines is 1. The van der Waals surface area contributed by atoms with Gasteiger partial charge in [0.05, 0.1) is 41.6 Å². The highest BCUT2D eigenvalue weighted by Gasteiger charge is 2.41. The van der Waals surface area contributed by atoms with Gasteiger partial charge in [-0.1, -0.05) is 45.0 Å². The normalized spacial score (nSPS) is 17.3. The summed E-state index contributed by atoms with van der Waals surface area (Å²) in [7, 11) is 1.68. The van der Waals surface area contributed by atoms with E-state index in [-0.39, 0.29) is 17.3 Å². The third kappa shape index (κ3) is 3.74. The van der Waals surface area contributed by atoms with Crippen LogP contribution in [0.2, 0.25) is 0 Å². The molecule has 1 N–H and O–H groups in total. The standard InChI is InChI=1S/C29H33N3O3/c1-5-18-7-6-8-22-24(18)29(2,3)28-23(27(22)33)21-10-9-19(17-30)26(25(21)31-28)32-13-11-20(12-14-32)35-16-15-34-4/h6-10,20,31H,5,11-16H2,1-4H3. The molecule has 182 valence electrons. The summed E-state index contributed by atoms with van der Waals surface area (Å²) in [6.07, 6.45) is 2.86. The predicted molar refractivity (Wildman–Crippen MR) is 137 cm³/mol. The molecule has 1 fully saturated rings. The molecule has 6 heteroatoms. The number of rotatable bonds is 6. The van der Waals surface area contributed by atoms with Crippen LogP contribution in [-0.2, 0) is 21.3 Å². The number of hydrogen-bond donors (Lipinski definition) is 1. The van der Waals surface area contributed by atoms with E-state index in [9.17, 15) is 10.1 Å². The maximum absolute atomic E-state index is 13.8. The van der Waals surface area contributed by atoms with Gasteiger partial charge < -0.3 is 19.4 Å². The van der Waals surface area contributed by atoms with Crippen molar-refractivity contribution in [3.63, 3.8) is 0 Å². The van der Waals surface area contributed by atoms with Gasteiger partial charge in [0, 0.05) is 42.3 Å². The molecule has 5 rings (SSSR count). The van der Waals surface area contributed by atoms with Gasteiger partial charge in [0.25, 0.3) is 0 Å². The number of piperidine rings is 1. The first-order valence-electron chi connectivity index (χ1n) is 12.5. The van der Waals surface area contributed by atoms with Gasteiger partial charge in [-0.3, -0.25) is 4.79 Å². The maximum Gasteiger partial charge on any atom is 0.195 e. The number of hydrogen-bond acceptors (Lipinski definition) is 5. The molecule has 2 aliphatic rings. The zero-order chi connectivity index (χ0) is 24.7. The highest BCUT2D eigenvalue weighted by atomic mass is 16.5. The van der Waals surface area contributed by atoms with Gasteiger partial charge in [-0.2, -0.15) is 5.26 Å². The molecule has 0 amide bonds. The molecular weight excluding hydrogens is 438 g/mol. The van der Waals surface area contributed by atoms with E-state index >= 15 is 0 Å². The average molecular weight is 472 g/mol.